The largest absolute Gasteiger partial charge is 0.475 e. The van der Waals surface area contributed by atoms with E-state index >= 15 is 0 Å². The number of hydrogen-bond donors (Lipinski definition) is 2. The van der Waals surface area contributed by atoms with Crippen molar-refractivity contribution in [3.8, 4) is 5.88 Å². The molecule has 0 bridgehead atoms. The van der Waals surface area contributed by atoms with Gasteiger partial charge in [0.05, 0.1) is 18.0 Å². The van der Waals surface area contributed by atoms with Crippen molar-refractivity contribution >= 4 is 22.6 Å². The molecule has 1 amide bonds. The third-order valence-electron chi connectivity index (χ3n) is 3.17. The molecule has 0 unspecified atom stereocenters. The summed E-state index contributed by atoms with van der Waals surface area (Å²) in [5, 5.41) is 10.6. The van der Waals surface area contributed by atoms with Crippen molar-refractivity contribution in [2.24, 2.45) is 0 Å². The van der Waals surface area contributed by atoms with Gasteiger partial charge in [0.25, 0.3) is 5.91 Å². The highest BCUT2D eigenvalue weighted by Crippen LogP contribution is 2.18. The summed E-state index contributed by atoms with van der Waals surface area (Å²) in [5.41, 5.74) is 2.39. The van der Waals surface area contributed by atoms with E-state index < -0.39 is 0 Å². The van der Waals surface area contributed by atoms with Crippen molar-refractivity contribution in [2.45, 2.75) is 26.9 Å². The Morgan fingerprint density at radius 3 is 2.96 bits per heavy atom. The second-order valence-electron chi connectivity index (χ2n) is 5.43. The number of amides is 1. The molecule has 2 N–H and O–H groups in total. The Kier molecular flexibility index (Phi) is 3.92. The fourth-order valence-electron chi connectivity index (χ4n) is 2.13. The van der Waals surface area contributed by atoms with Gasteiger partial charge in [0.15, 0.2) is 5.65 Å². The maximum atomic E-state index is 12.3. The zero-order valence-corrected chi connectivity index (χ0v) is 13.1. The van der Waals surface area contributed by atoms with Crippen LogP contribution in [-0.4, -0.2) is 32.2 Å². The highest BCUT2D eigenvalue weighted by molar-refractivity contribution is 6.03. The standard InChI is InChI=1S/C16H17N5O2/c1-9(2)23-14-6-4-5-13(19-14)16(22)18-11-7-12-10(3)20-21-15(12)17-8-11/h4-9H,1-3H3,(H,18,22)(H,17,20,21). The van der Waals surface area contributed by atoms with Crippen molar-refractivity contribution in [2.75, 3.05) is 5.32 Å². The molecule has 0 aliphatic heterocycles. The average Bonchev–Trinajstić information content (AvgIpc) is 2.88. The maximum Gasteiger partial charge on any atom is 0.274 e. The molecule has 0 aromatic carbocycles. The Bertz CT molecular complexity index is 857. The van der Waals surface area contributed by atoms with Crippen LogP contribution in [0.15, 0.2) is 30.5 Å². The molecule has 0 aliphatic carbocycles. The molecule has 23 heavy (non-hydrogen) atoms. The number of rotatable bonds is 4. The Hall–Kier alpha value is -2.96. The predicted octanol–water partition coefficient (Wildman–Crippen LogP) is 2.70. The molecule has 7 heteroatoms. The summed E-state index contributed by atoms with van der Waals surface area (Å²) >= 11 is 0. The fraction of sp³-hybridized carbons (Fsp3) is 0.250. The van der Waals surface area contributed by atoms with Crippen molar-refractivity contribution in [3.63, 3.8) is 0 Å². The molecule has 3 heterocycles. The molecule has 0 saturated heterocycles. The molecule has 0 radical (unpaired) electrons. The van der Waals surface area contributed by atoms with Crippen LogP contribution >= 0.6 is 0 Å². The summed E-state index contributed by atoms with van der Waals surface area (Å²) in [6, 6.07) is 6.92. The first-order valence-corrected chi connectivity index (χ1v) is 7.28. The van der Waals surface area contributed by atoms with E-state index in [1.54, 1.807) is 24.4 Å². The minimum Gasteiger partial charge on any atom is -0.475 e. The van der Waals surface area contributed by atoms with Crippen molar-refractivity contribution in [1.82, 2.24) is 20.2 Å². The van der Waals surface area contributed by atoms with Crippen LogP contribution in [0.3, 0.4) is 0 Å². The van der Waals surface area contributed by atoms with Crippen LogP contribution < -0.4 is 10.1 Å². The second kappa shape index (κ2) is 6.04. The lowest BCUT2D eigenvalue weighted by Crippen LogP contribution is -2.15. The lowest BCUT2D eigenvalue weighted by Gasteiger charge is -2.10. The summed E-state index contributed by atoms with van der Waals surface area (Å²) in [6.07, 6.45) is 1.56. The summed E-state index contributed by atoms with van der Waals surface area (Å²) in [5.74, 6) is 0.105. The summed E-state index contributed by atoms with van der Waals surface area (Å²) < 4.78 is 5.50. The number of ether oxygens (including phenoxy) is 1. The third kappa shape index (κ3) is 3.28. The first kappa shape index (κ1) is 15.0. The Morgan fingerprint density at radius 2 is 2.17 bits per heavy atom. The van der Waals surface area contributed by atoms with Gasteiger partial charge in [0.1, 0.15) is 5.69 Å². The number of aromatic amines is 1. The quantitative estimate of drug-likeness (QED) is 0.772. The van der Waals surface area contributed by atoms with Crippen molar-refractivity contribution in [1.29, 1.82) is 0 Å². The third-order valence-corrected chi connectivity index (χ3v) is 3.17. The average molecular weight is 311 g/mol. The minimum absolute atomic E-state index is 0.00326. The second-order valence-corrected chi connectivity index (χ2v) is 5.43. The monoisotopic (exact) mass is 311 g/mol. The predicted molar refractivity (Wildman–Crippen MR) is 86.6 cm³/mol. The number of hydrogen-bond acceptors (Lipinski definition) is 5. The molecule has 0 spiro atoms. The summed E-state index contributed by atoms with van der Waals surface area (Å²) in [4.78, 5) is 20.7. The van der Waals surface area contributed by atoms with E-state index in [2.05, 4.69) is 25.5 Å². The number of carbonyl (C=O) groups is 1. The van der Waals surface area contributed by atoms with Crippen LogP contribution in [0.2, 0.25) is 0 Å². The molecular formula is C16H17N5O2. The van der Waals surface area contributed by atoms with Gasteiger partial charge in [-0.15, -0.1) is 0 Å². The first-order valence-electron chi connectivity index (χ1n) is 7.28. The molecule has 7 nitrogen and oxygen atoms in total. The Balaban J connectivity index is 1.81. The van der Waals surface area contributed by atoms with Crippen LogP contribution in [0.25, 0.3) is 11.0 Å². The van der Waals surface area contributed by atoms with E-state index in [-0.39, 0.29) is 17.7 Å². The number of nitrogens with zero attached hydrogens (tertiary/aromatic N) is 3. The maximum absolute atomic E-state index is 12.3. The Morgan fingerprint density at radius 1 is 1.35 bits per heavy atom. The number of H-pyrrole nitrogens is 1. The van der Waals surface area contributed by atoms with Gasteiger partial charge in [0, 0.05) is 17.1 Å². The number of carbonyl (C=O) groups excluding carboxylic acids is 1. The van der Waals surface area contributed by atoms with E-state index in [0.717, 1.165) is 11.1 Å². The lowest BCUT2D eigenvalue weighted by molar-refractivity contribution is 0.102. The Labute approximate surface area is 133 Å². The number of aromatic nitrogens is 4. The van der Waals surface area contributed by atoms with Gasteiger partial charge in [-0.1, -0.05) is 6.07 Å². The SMILES string of the molecule is Cc1[nH]nc2ncc(NC(=O)c3cccc(OC(C)C)n3)cc12. The fourth-order valence-corrected chi connectivity index (χ4v) is 2.13. The first-order chi connectivity index (χ1) is 11.0. The number of fused-ring (bicyclic) bond motifs is 1. The lowest BCUT2D eigenvalue weighted by atomic mass is 10.2. The van der Waals surface area contributed by atoms with Gasteiger partial charge in [0.2, 0.25) is 5.88 Å². The zero-order valence-electron chi connectivity index (χ0n) is 13.1. The molecular weight excluding hydrogens is 294 g/mol. The molecule has 118 valence electrons. The molecule has 0 saturated carbocycles. The van der Waals surface area contributed by atoms with Crippen LogP contribution in [-0.2, 0) is 0 Å². The number of nitrogens with one attached hydrogen (secondary N) is 2. The van der Waals surface area contributed by atoms with Crippen LogP contribution in [0.5, 0.6) is 5.88 Å². The van der Waals surface area contributed by atoms with E-state index in [1.807, 2.05) is 26.8 Å². The van der Waals surface area contributed by atoms with Crippen LogP contribution in [0, 0.1) is 6.92 Å². The van der Waals surface area contributed by atoms with Crippen molar-refractivity contribution < 1.29 is 9.53 Å². The number of anilines is 1. The van der Waals surface area contributed by atoms with Gasteiger partial charge in [-0.05, 0) is 32.9 Å². The van der Waals surface area contributed by atoms with Gasteiger partial charge in [-0.3, -0.25) is 9.89 Å². The zero-order chi connectivity index (χ0) is 16.4. The topological polar surface area (TPSA) is 92.8 Å². The van der Waals surface area contributed by atoms with E-state index in [4.69, 9.17) is 4.74 Å². The normalized spacial score (nSPS) is 11.0. The van der Waals surface area contributed by atoms with Crippen LogP contribution in [0.1, 0.15) is 30.0 Å². The molecule has 0 atom stereocenters. The highest BCUT2D eigenvalue weighted by atomic mass is 16.5. The van der Waals surface area contributed by atoms with Gasteiger partial charge in [-0.25, -0.2) is 9.97 Å². The van der Waals surface area contributed by atoms with E-state index in [0.29, 0.717) is 17.2 Å². The molecule has 3 aromatic rings. The smallest absolute Gasteiger partial charge is 0.274 e. The van der Waals surface area contributed by atoms with Gasteiger partial charge < -0.3 is 10.1 Å². The number of pyridine rings is 2. The molecule has 0 fully saturated rings. The summed E-state index contributed by atoms with van der Waals surface area (Å²) in [7, 11) is 0. The van der Waals surface area contributed by atoms with E-state index in [9.17, 15) is 4.79 Å². The summed E-state index contributed by atoms with van der Waals surface area (Å²) in [6.45, 7) is 5.71. The van der Waals surface area contributed by atoms with Gasteiger partial charge >= 0.3 is 0 Å². The van der Waals surface area contributed by atoms with E-state index in [1.165, 1.54) is 0 Å². The van der Waals surface area contributed by atoms with Crippen LogP contribution in [0.4, 0.5) is 5.69 Å². The molecule has 0 aliphatic rings. The molecule has 3 rings (SSSR count). The minimum atomic E-state index is -0.318. The highest BCUT2D eigenvalue weighted by Gasteiger charge is 2.11. The van der Waals surface area contributed by atoms with Crippen molar-refractivity contribution in [3.05, 3.63) is 41.9 Å². The van der Waals surface area contributed by atoms with Gasteiger partial charge in [-0.2, -0.15) is 5.10 Å². The number of aryl methyl sites for hydroxylation is 1. The molecule has 3 aromatic heterocycles.